The normalized spacial score (nSPS) is 11.2. The smallest absolute Gasteiger partial charge is 0.0265 e. The van der Waals surface area contributed by atoms with E-state index in [0.717, 1.165) is 8.95 Å². The Bertz CT molecular complexity index is 1230. The van der Waals surface area contributed by atoms with E-state index in [1.165, 1.54) is 43.8 Å². The molecule has 5 rings (SSSR count). The Morgan fingerprint density at radius 2 is 0.821 bits per heavy atom. The predicted octanol–water partition coefficient (Wildman–Crippen LogP) is 8.85. The molecule has 0 unspecified atom stereocenters. The molecular weight excluding hydrogens is 472 g/mol. The first kappa shape index (κ1) is 17.7. The summed E-state index contributed by atoms with van der Waals surface area (Å²) in [5.41, 5.74) is 4.80. The van der Waals surface area contributed by atoms with E-state index in [1.807, 2.05) is 0 Å². The van der Waals surface area contributed by atoms with Crippen LogP contribution in [0.4, 0.5) is 0 Å². The van der Waals surface area contributed by atoms with Gasteiger partial charge in [0.25, 0.3) is 0 Å². The number of halogens is 2. The maximum Gasteiger partial charge on any atom is 0.0265 e. The Hall–Kier alpha value is -2.42. The lowest BCUT2D eigenvalue weighted by Gasteiger charge is -2.13. The van der Waals surface area contributed by atoms with Crippen LogP contribution in [0.2, 0.25) is 0 Å². The fourth-order valence-electron chi connectivity index (χ4n) is 3.71. The highest BCUT2D eigenvalue weighted by Crippen LogP contribution is 2.39. The van der Waals surface area contributed by atoms with E-state index in [1.54, 1.807) is 0 Å². The minimum Gasteiger partial charge on any atom is -0.0616 e. The Morgan fingerprint density at radius 3 is 1.29 bits per heavy atom. The molecule has 0 heterocycles. The standard InChI is InChI=1S/C26H16Br2/c27-25-16-26(28)24(22-12-10-18-6-2-4-8-20(18)14-22)15-23(25)21-11-9-17-5-1-3-7-19(17)13-21/h1-16H. The van der Waals surface area contributed by atoms with Gasteiger partial charge in [-0.1, -0.05) is 105 Å². The van der Waals surface area contributed by atoms with Crippen molar-refractivity contribution in [2.24, 2.45) is 0 Å². The molecule has 0 aliphatic heterocycles. The molecule has 0 bridgehead atoms. The van der Waals surface area contributed by atoms with Crippen LogP contribution in [0.5, 0.6) is 0 Å². The second-order valence-corrected chi connectivity index (χ2v) is 8.64. The number of rotatable bonds is 2. The highest BCUT2D eigenvalue weighted by molar-refractivity contribution is 9.11. The average molecular weight is 488 g/mol. The summed E-state index contributed by atoms with van der Waals surface area (Å²) in [7, 11) is 0. The Kier molecular flexibility index (Phi) is 4.54. The van der Waals surface area contributed by atoms with Crippen LogP contribution in [0.3, 0.4) is 0 Å². The van der Waals surface area contributed by atoms with Gasteiger partial charge in [0.2, 0.25) is 0 Å². The van der Waals surface area contributed by atoms with Crippen molar-refractivity contribution in [2.45, 2.75) is 0 Å². The zero-order valence-electron chi connectivity index (χ0n) is 15.0. The summed E-state index contributed by atoms with van der Waals surface area (Å²) in [6.45, 7) is 0. The van der Waals surface area contributed by atoms with Gasteiger partial charge in [0, 0.05) is 8.95 Å². The quantitative estimate of drug-likeness (QED) is 0.233. The third-order valence-electron chi connectivity index (χ3n) is 5.18. The SMILES string of the molecule is Brc1cc(Br)c(-c2ccc3ccccc3c2)cc1-c1ccc2ccccc2c1. The molecule has 0 atom stereocenters. The summed E-state index contributed by atoms with van der Waals surface area (Å²) < 4.78 is 2.17. The van der Waals surface area contributed by atoms with Gasteiger partial charge >= 0.3 is 0 Å². The van der Waals surface area contributed by atoms with E-state index in [-0.39, 0.29) is 0 Å². The number of benzene rings is 5. The van der Waals surface area contributed by atoms with Crippen molar-refractivity contribution >= 4 is 53.4 Å². The van der Waals surface area contributed by atoms with E-state index < -0.39 is 0 Å². The highest BCUT2D eigenvalue weighted by atomic mass is 79.9. The maximum absolute atomic E-state index is 3.76. The molecule has 0 nitrogen and oxygen atoms in total. The fraction of sp³-hybridized carbons (Fsp3) is 0. The molecule has 5 aromatic carbocycles. The van der Waals surface area contributed by atoms with Gasteiger partial charge in [0.05, 0.1) is 0 Å². The third kappa shape index (κ3) is 3.17. The van der Waals surface area contributed by atoms with Crippen LogP contribution in [0.1, 0.15) is 0 Å². The number of hydrogen-bond donors (Lipinski definition) is 0. The summed E-state index contributed by atoms with van der Waals surface area (Å²) in [5, 5.41) is 5.02. The van der Waals surface area contributed by atoms with Gasteiger partial charge < -0.3 is 0 Å². The van der Waals surface area contributed by atoms with Crippen molar-refractivity contribution in [1.82, 2.24) is 0 Å². The summed E-state index contributed by atoms with van der Waals surface area (Å²) >= 11 is 7.53. The summed E-state index contributed by atoms with van der Waals surface area (Å²) in [6.07, 6.45) is 0. The molecule has 0 spiro atoms. The molecule has 2 heteroatoms. The minimum atomic E-state index is 1.08. The molecule has 0 N–H and O–H groups in total. The van der Waals surface area contributed by atoms with Crippen LogP contribution in [0.25, 0.3) is 43.8 Å². The van der Waals surface area contributed by atoms with Crippen LogP contribution in [-0.2, 0) is 0 Å². The Balaban J connectivity index is 1.68. The topological polar surface area (TPSA) is 0 Å². The number of hydrogen-bond acceptors (Lipinski definition) is 0. The van der Waals surface area contributed by atoms with Gasteiger partial charge in [0.15, 0.2) is 0 Å². The highest BCUT2D eigenvalue weighted by Gasteiger charge is 2.11. The lowest BCUT2D eigenvalue weighted by molar-refractivity contribution is 1.55. The van der Waals surface area contributed by atoms with Crippen LogP contribution in [0.15, 0.2) is 106 Å². The van der Waals surface area contributed by atoms with Crippen LogP contribution in [-0.4, -0.2) is 0 Å². The molecule has 0 fully saturated rings. The van der Waals surface area contributed by atoms with Crippen LogP contribution >= 0.6 is 31.9 Å². The molecule has 0 saturated carbocycles. The summed E-state index contributed by atoms with van der Waals surface area (Å²) in [6, 6.07) is 34.7. The summed E-state index contributed by atoms with van der Waals surface area (Å²) in [5.74, 6) is 0. The minimum absolute atomic E-state index is 1.08. The van der Waals surface area contributed by atoms with Crippen molar-refractivity contribution in [3.8, 4) is 22.3 Å². The van der Waals surface area contributed by atoms with Crippen molar-refractivity contribution in [1.29, 1.82) is 0 Å². The van der Waals surface area contributed by atoms with Gasteiger partial charge in [-0.2, -0.15) is 0 Å². The molecule has 0 aromatic heterocycles. The van der Waals surface area contributed by atoms with Gasteiger partial charge in [-0.05, 0) is 68.1 Å². The van der Waals surface area contributed by atoms with E-state index in [4.69, 9.17) is 0 Å². The second kappa shape index (κ2) is 7.20. The third-order valence-corrected chi connectivity index (χ3v) is 6.49. The van der Waals surface area contributed by atoms with Crippen molar-refractivity contribution in [3.63, 3.8) is 0 Å². The molecule has 0 aliphatic rings. The van der Waals surface area contributed by atoms with E-state index in [0.29, 0.717) is 0 Å². The van der Waals surface area contributed by atoms with Crippen molar-refractivity contribution < 1.29 is 0 Å². The molecule has 5 aromatic rings. The van der Waals surface area contributed by atoms with E-state index in [2.05, 4.69) is 129 Å². The van der Waals surface area contributed by atoms with E-state index in [9.17, 15) is 0 Å². The lowest BCUT2D eigenvalue weighted by atomic mass is 9.96. The fourth-order valence-corrected chi connectivity index (χ4v) is 5.16. The molecule has 0 amide bonds. The van der Waals surface area contributed by atoms with Gasteiger partial charge in [-0.25, -0.2) is 0 Å². The number of fused-ring (bicyclic) bond motifs is 2. The van der Waals surface area contributed by atoms with E-state index >= 15 is 0 Å². The first-order chi connectivity index (χ1) is 13.7. The molecule has 0 aliphatic carbocycles. The molecule has 0 radical (unpaired) electrons. The monoisotopic (exact) mass is 486 g/mol. The van der Waals surface area contributed by atoms with Gasteiger partial charge in [-0.15, -0.1) is 0 Å². The first-order valence-electron chi connectivity index (χ1n) is 9.16. The molecule has 0 saturated heterocycles. The van der Waals surface area contributed by atoms with Gasteiger partial charge in [-0.3, -0.25) is 0 Å². The first-order valence-corrected chi connectivity index (χ1v) is 10.7. The zero-order chi connectivity index (χ0) is 19.1. The largest absolute Gasteiger partial charge is 0.0616 e. The molecule has 28 heavy (non-hydrogen) atoms. The molecular formula is C26H16Br2. The predicted molar refractivity (Wildman–Crippen MR) is 128 cm³/mol. The maximum atomic E-state index is 3.76. The van der Waals surface area contributed by atoms with Crippen LogP contribution < -0.4 is 0 Å². The van der Waals surface area contributed by atoms with Crippen molar-refractivity contribution in [2.75, 3.05) is 0 Å². The Morgan fingerprint density at radius 1 is 0.393 bits per heavy atom. The van der Waals surface area contributed by atoms with Gasteiger partial charge in [0.1, 0.15) is 0 Å². The second-order valence-electron chi connectivity index (χ2n) is 6.94. The lowest BCUT2D eigenvalue weighted by Crippen LogP contribution is -1.87. The van der Waals surface area contributed by atoms with Crippen LogP contribution in [0, 0.1) is 0 Å². The summed E-state index contributed by atoms with van der Waals surface area (Å²) in [4.78, 5) is 0. The van der Waals surface area contributed by atoms with Crippen molar-refractivity contribution in [3.05, 3.63) is 106 Å². The average Bonchev–Trinajstić information content (AvgIpc) is 2.73. The zero-order valence-corrected chi connectivity index (χ0v) is 18.2. The Labute approximate surface area is 181 Å². The molecule has 134 valence electrons.